The number of rotatable bonds is 15. The van der Waals surface area contributed by atoms with Crippen molar-refractivity contribution in [3.63, 3.8) is 0 Å². The second-order valence-electron chi connectivity index (χ2n) is 30.2. The Morgan fingerprint density at radius 1 is 0.294 bits per heavy atom. The molecule has 10 aromatic rings. The predicted molar refractivity (Wildman–Crippen MR) is 438 cm³/mol. The standard InChI is InChI=1S/C21H30N.2C20H28N.C19H26N.C17H22N/c1-14(2)21(15(3)4)18-9-10-19(17(6)12-18)20-11-8-16(5)13-22(20)7;2*1-14(2)20(15(3)4)17-10-11-18(16(5)13-17)19-9-7-8-12-21(19)6;1-12(2)17-8-9-18(13(3)10-17)19-16(6)15(5)14(4)11-20(19)7;1-11-7-8-16(12(2)9-11)17-15(5)14(4)13(3)10-18(17)6/h8-15,21H,1-7H3;2*7-15,20H,1-6H3;8-12H,1-7H3;7-10H,1-6H3/q5*+1/i5D3,21D;20D;;1D3,4D3,12D;1D3,3D3. The first-order chi connectivity index (χ1) is 55.0. The van der Waals surface area contributed by atoms with Crippen LogP contribution in [0, 0.1) is 125 Å². The van der Waals surface area contributed by atoms with Crippen LogP contribution in [0.4, 0.5) is 0 Å². The van der Waals surface area contributed by atoms with E-state index in [2.05, 4.69) is 218 Å². The Bertz CT molecular complexity index is 5200. The number of aromatic nitrogens is 5. The normalized spacial score (nSPS) is 15.4. The molecule has 0 aliphatic carbocycles. The van der Waals surface area contributed by atoms with Gasteiger partial charge in [0.25, 0.3) is 0 Å². The molecule has 0 spiro atoms. The Balaban J connectivity index is 0.000000233. The predicted octanol–water partition coefficient (Wildman–Crippen LogP) is 23.2. The van der Waals surface area contributed by atoms with Crippen LogP contribution in [0.25, 0.3) is 56.3 Å². The summed E-state index contributed by atoms with van der Waals surface area (Å²) in [5, 5.41) is 0. The first-order valence-corrected chi connectivity index (χ1v) is 36.5. The Morgan fingerprint density at radius 3 is 1.00 bits per heavy atom. The highest BCUT2D eigenvalue weighted by molar-refractivity contribution is 5.68. The summed E-state index contributed by atoms with van der Waals surface area (Å²) in [4.78, 5) is 0. The van der Waals surface area contributed by atoms with Crippen molar-refractivity contribution in [3.8, 4) is 56.3 Å². The number of pyridine rings is 5. The van der Waals surface area contributed by atoms with Gasteiger partial charge in [-0.25, -0.2) is 22.8 Å². The van der Waals surface area contributed by atoms with Crippen LogP contribution in [0.1, 0.15) is 240 Å². The van der Waals surface area contributed by atoms with Crippen LogP contribution >= 0.6 is 0 Å². The number of hydrogen-bond donors (Lipinski definition) is 0. The van der Waals surface area contributed by atoms with Crippen LogP contribution in [-0.2, 0) is 35.2 Å². The topological polar surface area (TPSA) is 19.4 Å². The Labute approximate surface area is 647 Å². The van der Waals surface area contributed by atoms with E-state index in [1.165, 1.54) is 46.1 Å². The van der Waals surface area contributed by atoms with Gasteiger partial charge in [0.05, 0.1) is 0 Å². The van der Waals surface area contributed by atoms with Gasteiger partial charge in [0.1, 0.15) is 35.2 Å². The van der Waals surface area contributed by atoms with Crippen molar-refractivity contribution in [3.05, 3.63) is 265 Å². The lowest BCUT2D eigenvalue weighted by molar-refractivity contribution is -0.661. The largest absolute Gasteiger partial charge is 0.215 e. The second-order valence-corrected chi connectivity index (χ2v) is 30.2. The number of benzene rings is 5. The molecule has 0 saturated carbocycles. The summed E-state index contributed by atoms with van der Waals surface area (Å²) in [5.41, 5.74) is 24.6. The molecule has 0 radical (unpaired) electrons. The van der Waals surface area contributed by atoms with E-state index in [1.807, 2.05) is 77.5 Å². The fourth-order valence-electron chi connectivity index (χ4n) is 15.0. The average molecular weight is 1390 g/mol. The summed E-state index contributed by atoms with van der Waals surface area (Å²) in [6.45, 7) is 34.3. The molecule has 5 aromatic heterocycles. The Morgan fingerprint density at radius 2 is 0.647 bits per heavy atom. The zero-order chi connectivity index (χ0) is 91.3. The number of aryl methyl sites for hydroxylation is 14. The smallest absolute Gasteiger partial charge is 0.201 e. The van der Waals surface area contributed by atoms with Gasteiger partial charge in [-0.05, 0) is 259 Å². The third kappa shape index (κ3) is 20.6. The van der Waals surface area contributed by atoms with Gasteiger partial charge in [-0.3, -0.25) is 0 Å². The highest BCUT2D eigenvalue weighted by Gasteiger charge is 2.26. The number of hydrogen-bond acceptors (Lipinski definition) is 0. The maximum absolute atomic E-state index is 9.01. The van der Waals surface area contributed by atoms with E-state index < -0.39 is 51.9 Å². The van der Waals surface area contributed by atoms with Gasteiger partial charge >= 0.3 is 0 Å². The summed E-state index contributed by atoms with van der Waals surface area (Å²) in [7, 11) is 9.66. The van der Waals surface area contributed by atoms with Gasteiger partial charge in [0.2, 0.25) is 28.5 Å². The summed E-state index contributed by atoms with van der Waals surface area (Å²) >= 11 is 0. The molecule has 0 aliphatic heterocycles. The lowest BCUT2D eigenvalue weighted by atomic mass is 9.79. The first kappa shape index (κ1) is 59.3. The molecule has 5 heterocycles. The molecule has 0 bridgehead atoms. The van der Waals surface area contributed by atoms with Gasteiger partial charge in [0.15, 0.2) is 31.0 Å². The van der Waals surface area contributed by atoms with Crippen molar-refractivity contribution < 1.29 is 47.5 Å². The van der Waals surface area contributed by atoms with Crippen molar-refractivity contribution in [2.75, 3.05) is 0 Å². The molecule has 0 aliphatic rings. The van der Waals surface area contributed by atoms with Crippen LogP contribution < -0.4 is 22.8 Å². The fraction of sp³-hybridized carbons (Fsp3) is 0.433. The van der Waals surface area contributed by atoms with Gasteiger partial charge in [-0.15, -0.1) is 0 Å². The molecule has 542 valence electrons. The zero-order valence-electron chi connectivity index (χ0n) is 84.9. The quantitative estimate of drug-likeness (QED) is 0.0912. The maximum Gasteiger partial charge on any atom is 0.215 e. The Kier molecular flexibility index (Phi) is 21.4. The van der Waals surface area contributed by atoms with Crippen molar-refractivity contribution >= 4 is 0 Å². The van der Waals surface area contributed by atoms with E-state index in [1.54, 1.807) is 78.1 Å². The molecule has 5 aromatic carbocycles. The van der Waals surface area contributed by atoms with E-state index in [4.69, 9.17) is 24.7 Å². The fourth-order valence-corrected chi connectivity index (χ4v) is 15.0. The molecular formula is C97H134N5+5. The van der Waals surface area contributed by atoms with E-state index in [9.17, 15) is 0 Å². The van der Waals surface area contributed by atoms with E-state index in [0.29, 0.717) is 45.6 Å². The van der Waals surface area contributed by atoms with Gasteiger partial charge in [0, 0.05) is 111 Å². The third-order valence-electron chi connectivity index (χ3n) is 20.1. The second kappa shape index (κ2) is 36.8. The lowest BCUT2D eigenvalue weighted by Crippen LogP contribution is -2.33. The molecule has 1 atom stereocenters. The highest BCUT2D eigenvalue weighted by Crippen LogP contribution is 2.38. The third-order valence-corrected chi connectivity index (χ3v) is 20.1. The minimum atomic E-state index is -2.43. The summed E-state index contributed by atoms with van der Waals surface area (Å²) in [5.74, 6) is 0.0855. The molecule has 5 heteroatoms. The van der Waals surface area contributed by atoms with Crippen LogP contribution in [0.15, 0.2) is 171 Å². The molecule has 0 saturated heterocycles. The van der Waals surface area contributed by atoms with Crippen molar-refractivity contribution in [2.45, 2.75) is 210 Å². The van der Waals surface area contributed by atoms with Crippen LogP contribution in [-0.4, -0.2) is 0 Å². The first-order valence-electron chi connectivity index (χ1n) is 45.5. The monoisotopic (exact) mass is 1390 g/mol. The van der Waals surface area contributed by atoms with E-state index in [-0.39, 0.29) is 23.7 Å². The molecule has 10 rings (SSSR count). The van der Waals surface area contributed by atoms with Crippen molar-refractivity contribution in [1.29, 1.82) is 0 Å². The van der Waals surface area contributed by atoms with Crippen molar-refractivity contribution in [2.24, 2.45) is 70.7 Å². The highest BCUT2D eigenvalue weighted by atomic mass is 14.9. The molecule has 5 nitrogen and oxygen atoms in total. The molecule has 0 amide bonds. The van der Waals surface area contributed by atoms with E-state index in [0.717, 1.165) is 83.8 Å². The Hall–Kier alpha value is -8.15. The van der Waals surface area contributed by atoms with Crippen LogP contribution in [0.3, 0.4) is 0 Å². The molecular weight excluding hydrogens is 1240 g/mol. The minimum Gasteiger partial charge on any atom is -0.201 e. The molecule has 0 fully saturated rings. The number of nitrogens with zero attached hydrogens (tertiary/aromatic N) is 5. The maximum atomic E-state index is 9.01. The lowest BCUT2D eigenvalue weighted by Gasteiger charge is -2.26. The van der Waals surface area contributed by atoms with Gasteiger partial charge < -0.3 is 0 Å². The van der Waals surface area contributed by atoms with Gasteiger partial charge in [-0.2, -0.15) is 0 Å². The summed E-state index contributed by atoms with van der Waals surface area (Å²) in [6, 6.07) is 46.2. The molecule has 102 heavy (non-hydrogen) atoms. The SMILES string of the molecule is Cc1cc(C(C(C)C)C(C)C)ccc1-c1cccc[n+]1C.[2H]C([2H])([2H])c1c[n+](C)c(-c2ccc(C([2H])(C)C([2H])([2H])[2H])cc2C)c(C)c1C.[2H]C([2H])([2H])c1ccc(-c2c(C)c(C)c(C([2H])([2H])[2H])c[n+]2C)c(C)c1.[2H]C([2H])([2H])c1ccc(-c2ccc(C([2H])(C(C)C)C(C)C)cc2C)[n+](C)c1.[2H]C(c1ccc(-c2cccc[n+]2C)c(C)c1)(C(C)C)C(C)C. The van der Waals surface area contributed by atoms with Gasteiger partial charge in [-0.1, -0.05) is 163 Å². The molecule has 0 N–H and O–H groups in total. The van der Waals surface area contributed by atoms with Crippen molar-refractivity contribution in [1.82, 2.24) is 0 Å². The average Bonchev–Trinajstić information content (AvgIpc) is 0.782. The van der Waals surface area contributed by atoms with E-state index >= 15 is 0 Å². The summed E-state index contributed by atoms with van der Waals surface area (Å²) in [6.07, 6.45) is 9.12. The van der Waals surface area contributed by atoms with Crippen LogP contribution in [0.5, 0.6) is 0 Å². The molecule has 1 unspecified atom stereocenters. The zero-order valence-corrected chi connectivity index (χ0v) is 66.9. The minimum absolute atomic E-state index is 0.211. The van der Waals surface area contributed by atoms with Crippen LogP contribution in [0.2, 0.25) is 0 Å². The summed E-state index contributed by atoms with van der Waals surface area (Å²) < 4.78 is 150.